The molecule has 4 heteroatoms. The summed E-state index contributed by atoms with van der Waals surface area (Å²) < 4.78 is 1.23. The zero-order chi connectivity index (χ0) is 13.0. The van der Waals surface area contributed by atoms with Gasteiger partial charge >= 0.3 is 0 Å². The van der Waals surface area contributed by atoms with Crippen molar-refractivity contribution in [1.29, 1.82) is 0 Å². The predicted molar refractivity (Wildman–Crippen MR) is 81.4 cm³/mol. The van der Waals surface area contributed by atoms with Crippen molar-refractivity contribution in [3.05, 3.63) is 11.6 Å². The molecular formula is C14H24N2S2. The maximum Gasteiger partial charge on any atom is 0.150 e. The molecule has 0 bridgehead atoms. The first-order valence-corrected chi connectivity index (χ1v) is 8.76. The summed E-state index contributed by atoms with van der Waals surface area (Å²) in [6, 6.07) is 0.666. The fourth-order valence-corrected chi connectivity index (χ4v) is 5.03. The van der Waals surface area contributed by atoms with Crippen LogP contribution in [0.1, 0.15) is 40.0 Å². The molecule has 0 saturated heterocycles. The van der Waals surface area contributed by atoms with Crippen molar-refractivity contribution >= 4 is 23.1 Å². The molecule has 3 atom stereocenters. The summed E-state index contributed by atoms with van der Waals surface area (Å²) in [6.45, 7) is 8.01. The molecular weight excluding hydrogens is 260 g/mol. The van der Waals surface area contributed by atoms with E-state index in [2.05, 4.69) is 36.5 Å². The highest BCUT2D eigenvalue weighted by atomic mass is 32.2. The van der Waals surface area contributed by atoms with E-state index >= 15 is 0 Å². The van der Waals surface area contributed by atoms with Crippen LogP contribution in [0, 0.1) is 11.8 Å². The summed E-state index contributed by atoms with van der Waals surface area (Å²) in [6.07, 6.45) is 5.95. The predicted octanol–water partition coefficient (Wildman–Crippen LogP) is 4.04. The molecule has 0 radical (unpaired) electrons. The quantitative estimate of drug-likeness (QED) is 0.883. The molecule has 1 heterocycles. The largest absolute Gasteiger partial charge is 0.313 e. The van der Waals surface area contributed by atoms with E-state index in [-0.39, 0.29) is 0 Å². The van der Waals surface area contributed by atoms with Crippen LogP contribution in [0.2, 0.25) is 0 Å². The SMILES string of the molecule is CCNC1CCC(C(C)C)CC1Sc1nccs1. The minimum Gasteiger partial charge on any atom is -0.313 e. The molecule has 102 valence electrons. The first kappa shape index (κ1) is 14.4. The summed E-state index contributed by atoms with van der Waals surface area (Å²) in [7, 11) is 0. The highest BCUT2D eigenvalue weighted by Gasteiger charge is 2.32. The molecule has 0 spiro atoms. The molecule has 1 fully saturated rings. The topological polar surface area (TPSA) is 24.9 Å². The van der Waals surface area contributed by atoms with Gasteiger partial charge in [-0.2, -0.15) is 0 Å². The molecule has 1 saturated carbocycles. The Kier molecular flexibility index (Phi) is 5.52. The van der Waals surface area contributed by atoms with E-state index < -0.39 is 0 Å². The van der Waals surface area contributed by atoms with E-state index in [4.69, 9.17) is 0 Å². The van der Waals surface area contributed by atoms with Gasteiger partial charge in [0.15, 0.2) is 0 Å². The molecule has 3 unspecified atom stereocenters. The Morgan fingerprint density at radius 3 is 2.94 bits per heavy atom. The third-order valence-electron chi connectivity index (χ3n) is 3.90. The number of hydrogen-bond donors (Lipinski definition) is 1. The van der Waals surface area contributed by atoms with Crippen molar-refractivity contribution in [2.45, 2.75) is 55.7 Å². The van der Waals surface area contributed by atoms with Crippen LogP contribution in [0.5, 0.6) is 0 Å². The van der Waals surface area contributed by atoms with Gasteiger partial charge in [0.05, 0.1) is 0 Å². The van der Waals surface area contributed by atoms with Crippen molar-refractivity contribution in [2.75, 3.05) is 6.54 Å². The molecule has 1 aliphatic carbocycles. The number of thiazole rings is 1. The lowest BCUT2D eigenvalue weighted by molar-refractivity contribution is 0.247. The Hall–Kier alpha value is -0.0600. The molecule has 18 heavy (non-hydrogen) atoms. The van der Waals surface area contributed by atoms with E-state index in [0.717, 1.165) is 18.4 Å². The minimum absolute atomic E-state index is 0.666. The lowest BCUT2D eigenvalue weighted by Crippen LogP contribution is -2.43. The lowest BCUT2D eigenvalue weighted by Gasteiger charge is -2.37. The molecule has 0 aliphatic heterocycles. The van der Waals surface area contributed by atoms with Crippen LogP contribution in [-0.4, -0.2) is 22.8 Å². The average Bonchev–Trinajstić information content (AvgIpc) is 2.84. The van der Waals surface area contributed by atoms with Crippen LogP contribution >= 0.6 is 23.1 Å². The van der Waals surface area contributed by atoms with Gasteiger partial charge in [-0.15, -0.1) is 11.3 Å². The van der Waals surface area contributed by atoms with Crippen LogP contribution < -0.4 is 5.32 Å². The Labute approximate surface area is 119 Å². The Bertz CT molecular complexity index is 338. The van der Waals surface area contributed by atoms with Crippen molar-refractivity contribution in [1.82, 2.24) is 10.3 Å². The van der Waals surface area contributed by atoms with E-state index in [9.17, 15) is 0 Å². The van der Waals surface area contributed by atoms with Crippen LogP contribution in [-0.2, 0) is 0 Å². The average molecular weight is 284 g/mol. The summed E-state index contributed by atoms with van der Waals surface area (Å²) >= 11 is 3.76. The van der Waals surface area contributed by atoms with Gasteiger partial charge in [0.2, 0.25) is 0 Å². The van der Waals surface area contributed by atoms with Crippen molar-refractivity contribution in [3.8, 4) is 0 Å². The minimum atomic E-state index is 0.666. The van der Waals surface area contributed by atoms with Crippen LogP contribution in [0.25, 0.3) is 0 Å². The fraction of sp³-hybridized carbons (Fsp3) is 0.786. The monoisotopic (exact) mass is 284 g/mol. The molecule has 2 rings (SSSR count). The fourth-order valence-electron chi connectivity index (χ4n) is 2.79. The second kappa shape index (κ2) is 6.92. The van der Waals surface area contributed by atoms with Gasteiger partial charge in [0.1, 0.15) is 4.34 Å². The van der Waals surface area contributed by atoms with Gasteiger partial charge in [-0.05, 0) is 37.6 Å². The standard InChI is InChI=1S/C14H24N2S2/c1-4-15-12-6-5-11(10(2)3)9-13(12)18-14-16-7-8-17-14/h7-8,10-13,15H,4-6,9H2,1-3H3. The van der Waals surface area contributed by atoms with Gasteiger partial charge in [-0.3, -0.25) is 0 Å². The number of nitrogens with zero attached hydrogens (tertiary/aromatic N) is 1. The van der Waals surface area contributed by atoms with Gasteiger partial charge in [-0.1, -0.05) is 32.5 Å². The molecule has 1 N–H and O–H groups in total. The molecule has 1 aromatic heterocycles. The van der Waals surface area contributed by atoms with Crippen LogP contribution in [0.15, 0.2) is 15.9 Å². The van der Waals surface area contributed by atoms with Crippen molar-refractivity contribution in [2.24, 2.45) is 11.8 Å². The van der Waals surface area contributed by atoms with E-state index in [1.807, 2.05) is 18.0 Å². The molecule has 0 amide bonds. The van der Waals surface area contributed by atoms with Gasteiger partial charge in [-0.25, -0.2) is 4.98 Å². The molecule has 0 aromatic carbocycles. The number of hydrogen-bond acceptors (Lipinski definition) is 4. The Balaban J connectivity index is 2.00. The first-order valence-electron chi connectivity index (χ1n) is 7.00. The van der Waals surface area contributed by atoms with Gasteiger partial charge in [0.25, 0.3) is 0 Å². The summed E-state index contributed by atoms with van der Waals surface area (Å²) in [5.74, 6) is 1.70. The summed E-state index contributed by atoms with van der Waals surface area (Å²) in [5, 5.41) is 6.43. The van der Waals surface area contributed by atoms with E-state index in [1.165, 1.54) is 23.6 Å². The number of rotatable bonds is 5. The summed E-state index contributed by atoms with van der Waals surface area (Å²) in [5.41, 5.74) is 0. The van der Waals surface area contributed by atoms with Crippen LogP contribution in [0.4, 0.5) is 0 Å². The van der Waals surface area contributed by atoms with Crippen molar-refractivity contribution in [3.63, 3.8) is 0 Å². The first-order chi connectivity index (χ1) is 8.70. The van der Waals surface area contributed by atoms with Crippen molar-refractivity contribution < 1.29 is 0 Å². The van der Waals surface area contributed by atoms with Gasteiger partial charge < -0.3 is 5.32 Å². The third kappa shape index (κ3) is 3.72. The maximum absolute atomic E-state index is 4.43. The highest BCUT2D eigenvalue weighted by molar-refractivity contribution is 8.01. The lowest BCUT2D eigenvalue weighted by atomic mass is 9.79. The summed E-state index contributed by atoms with van der Waals surface area (Å²) in [4.78, 5) is 4.43. The maximum atomic E-state index is 4.43. The number of nitrogens with one attached hydrogen (secondary N) is 1. The number of thioether (sulfide) groups is 1. The molecule has 2 nitrogen and oxygen atoms in total. The zero-order valence-corrected chi connectivity index (χ0v) is 13.2. The highest BCUT2D eigenvalue weighted by Crippen LogP contribution is 2.39. The van der Waals surface area contributed by atoms with Crippen LogP contribution in [0.3, 0.4) is 0 Å². The van der Waals surface area contributed by atoms with Gasteiger partial charge in [0, 0.05) is 22.9 Å². The normalized spacial score (nSPS) is 28.8. The number of aromatic nitrogens is 1. The zero-order valence-electron chi connectivity index (χ0n) is 11.6. The molecule has 1 aliphatic rings. The second-order valence-electron chi connectivity index (χ2n) is 5.44. The third-order valence-corrected chi connectivity index (χ3v) is 6.18. The van der Waals surface area contributed by atoms with E-state index in [0.29, 0.717) is 11.3 Å². The smallest absolute Gasteiger partial charge is 0.150 e. The Morgan fingerprint density at radius 2 is 2.33 bits per heavy atom. The second-order valence-corrected chi connectivity index (χ2v) is 7.82. The molecule has 1 aromatic rings. The Morgan fingerprint density at radius 1 is 1.50 bits per heavy atom. The van der Waals surface area contributed by atoms with E-state index in [1.54, 1.807) is 11.3 Å².